The van der Waals surface area contributed by atoms with Crippen LogP contribution in [0.15, 0.2) is 70.0 Å². The molecule has 0 aliphatic carbocycles. The van der Waals surface area contributed by atoms with E-state index in [2.05, 4.69) is 20.6 Å². The number of rotatable bonds is 7. The summed E-state index contributed by atoms with van der Waals surface area (Å²) in [5, 5.41) is 10.5. The third-order valence-electron chi connectivity index (χ3n) is 4.19. The number of thiazole rings is 1. The molecule has 4 rings (SSSR count). The minimum atomic E-state index is -0.494. The molecule has 0 bridgehead atoms. The molecule has 0 fully saturated rings. The van der Waals surface area contributed by atoms with E-state index in [4.69, 9.17) is 26.8 Å². The standard InChI is InChI=1S/C21H17ClN6O3S/c1-30-16-9-13(10-24-27-21-26-18(23)12-32-21)7-8-15(16)31-17-11-25-28(20(29)19(17)22)14-5-3-2-4-6-14/h2-12H,23H2,1H3,(H,26,27). The molecular weight excluding hydrogens is 452 g/mol. The van der Waals surface area contributed by atoms with Crippen molar-refractivity contribution in [2.45, 2.75) is 0 Å². The number of nitrogens with zero attached hydrogens (tertiary/aromatic N) is 4. The van der Waals surface area contributed by atoms with Crippen LogP contribution < -0.4 is 26.2 Å². The molecular formula is C21H17ClN6O3S. The number of nitrogen functional groups attached to an aromatic ring is 1. The number of hydrogen-bond donors (Lipinski definition) is 2. The summed E-state index contributed by atoms with van der Waals surface area (Å²) in [5.41, 5.74) is 9.23. The van der Waals surface area contributed by atoms with Gasteiger partial charge in [0.2, 0.25) is 5.13 Å². The van der Waals surface area contributed by atoms with E-state index in [1.54, 1.807) is 54.1 Å². The van der Waals surface area contributed by atoms with E-state index in [1.165, 1.54) is 29.3 Å². The molecule has 0 spiro atoms. The number of hydrogen-bond acceptors (Lipinski definition) is 9. The molecule has 0 aliphatic rings. The summed E-state index contributed by atoms with van der Waals surface area (Å²) in [7, 11) is 1.51. The average molecular weight is 469 g/mol. The van der Waals surface area contributed by atoms with E-state index in [-0.39, 0.29) is 10.8 Å². The summed E-state index contributed by atoms with van der Waals surface area (Å²) in [6, 6.07) is 14.1. The van der Waals surface area contributed by atoms with Gasteiger partial charge in [0.1, 0.15) is 5.82 Å². The second-order valence-corrected chi connectivity index (χ2v) is 7.57. The van der Waals surface area contributed by atoms with Gasteiger partial charge in [-0.05, 0) is 35.9 Å². The van der Waals surface area contributed by atoms with E-state index in [9.17, 15) is 4.79 Å². The number of halogens is 1. The molecule has 0 aliphatic heterocycles. The fraction of sp³-hybridized carbons (Fsp3) is 0.0476. The van der Waals surface area contributed by atoms with Crippen LogP contribution in [0.3, 0.4) is 0 Å². The number of aromatic nitrogens is 3. The molecule has 0 atom stereocenters. The lowest BCUT2D eigenvalue weighted by molar-refractivity contribution is 0.377. The molecule has 2 heterocycles. The monoisotopic (exact) mass is 468 g/mol. The van der Waals surface area contributed by atoms with Gasteiger partial charge in [0.05, 0.1) is 25.2 Å². The average Bonchev–Trinajstić information content (AvgIpc) is 3.23. The second kappa shape index (κ2) is 9.50. The predicted octanol–water partition coefficient (Wildman–Crippen LogP) is 4.17. The number of hydrazone groups is 1. The quantitative estimate of drug-likeness (QED) is 0.309. The Morgan fingerprint density at radius 3 is 2.72 bits per heavy atom. The minimum Gasteiger partial charge on any atom is -0.493 e. The number of methoxy groups -OCH3 is 1. The van der Waals surface area contributed by atoms with Gasteiger partial charge in [-0.15, -0.1) is 11.3 Å². The molecule has 0 radical (unpaired) electrons. The van der Waals surface area contributed by atoms with Gasteiger partial charge in [0, 0.05) is 5.38 Å². The summed E-state index contributed by atoms with van der Waals surface area (Å²) in [5.74, 6) is 1.34. The molecule has 162 valence electrons. The van der Waals surface area contributed by atoms with Crippen molar-refractivity contribution in [3.05, 3.63) is 81.0 Å². The maximum Gasteiger partial charge on any atom is 0.294 e. The molecule has 2 aromatic carbocycles. The molecule has 9 nitrogen and oxygen atoms in total. The van der Waals surface area contributed by atoms with Crippen molar-refractivity contribution in [3.8, 4) is 22.9 Å². The number of ether oxygens (including phenoxy) is 2. The third kappa shape index (κ3) is 4.71. The maximum absolute atomic E-state index is 12.6. The highest BCUT2D eigenvalue weighted by Gasteiger charge is 2.15. The SMILES string of the molecule is COc1cc(C=NNc2nc(N)cs2)ccc1Oc1cnn(-c2ccccc2)c(=O)c1Cl. The van der Waals surface area contributed by atoms with Crippen molar-refractivity contribution in [2.75, 3.05) is 18.3 Å². The zero-order valence-corrected chi connectivity index (χ0v) is 18.3. The van der Waals surface area contributed by atoms with E-state index in [0.717, 1.165) is 5.56 Å². The zero-order valence-electron chi connectivity index (χ0n) is 16.7. The fourth-order valence-corrected chi connectivity index (χ4v) is 3.42. The first-order chi connectivity index (χ1) is 15.5. The van der Waals surface area contributed by atoms with Crippen molar-refractivity contribution < 1.29 is 9.47 Å². The summed E-state index contributed by atoms with van der Waals surface area (Å²) in [6.45, 7) is 0. The highest BCUT2D eigenvalue weighted by molar-refractivity contribution is 7.14. The van der Waals surface area contributed by atoms with Crippen LogP contribution in [0.1, 0.15) is 5.56 Å². The lowest BCUT2D eigenvalue weighted by Crippen LogP contribution is -2.21. The van der Waals surface area contributed by atoms with E-state index >= 15 is 0 Å². The summed E-state index contributed by atoms with van der Waals surface area (Å²) in [4.78, 5) is 16.7. The lowest BCUT2D eigenvalue weighted by atomic mass is 10.2. The minimum absolute atomic E-state index is 0.0940. The van der Waals surface area contributed by atoms with E-state index < -0.39 is 5.56 Å². The number of para-hydroxylation sites is 1. The maximum atomic E-state index is 12.6. The molecule has 32 heavy (non-hydrogen) atoms. The number of anilines is 2. The lowest BCUT2D eigenvalue weighted by Gasteiger charge is -2.12. The third-order valence-corrected chi connectivity index (χ3v) is 5.30. The molecule has 2 aromatic heterocycles. The number of nitrogens with two attached hydrogens (primary N) is 1. The van der Waals surface area contributed by atoms with Gasteiger partial charge in [-0.1, -0.05) is 29.8 Å². The molecule has 4 aromatic rings. The van der Waals surface area contributed by atoms with Gasteiger partial charge in [0.15, 0.2) is 22.3 Å². The largest absolute Gasteiger partial charge is 0.493 e. The Kier molecular flexibility index (Phi) is 6.34. The van der Waals surface area contributed by atoms with Crippen molar-refractivity contribution in [1.82, 2.24) is 14.8 Å². The van der Waals surface area contributed by atoms with Crippen LogP contribution in [0.25, 0.3) is 5.69 Å². The van der Waals surface area contributed by atoms with Crippen LogP contribution in [-0.2, 0) is 0 Å². The van der Waals surface area contributed by atoms with Gasteiger partial charge in [0.25, 0.3) is 5.56 Å². The number of nitrogens with one attached hydrogen (secondary N) is 1. The van der Waals surface area contributed by atoms with E-state index in [0.29, 0.717) is 28.1 Å². The van der Waals surface area contributed by atoms with Crippen LogP contribution in [-0.4, -0.2) is 28.1 Å². The Bertz CT molecular complexity index is 1320. The van der Waals surface area contributed by atoms with Crippen LogP contribution in [0.5, 0.6) is 17.2 Å². The molecule has 11 heteroatoms. The van der Waals surface area contributed by atoms with Gasteiger partial charge >= 0.3 is 0 Å². The highest BCUT2D eigenvalue weighted by atomic mass is 35.5. The molecule has 0 saturated carbocycles. The van der Waals surface area contributed by atoms with Crippen LogP contribution in [0.4, 0.5) is 10.9 Å². The van der Waals surface area contributed by atoms with Crippen molar-refractivity contribution in [1.29, 1.82) is 0 Å². The van der Waals surface area contributed by atoms with Crippen LogP contribution >= 0.6 is 22.9 Å². The second-order valence-electron chi connectivity index (χ2n) is 6.34. The molecule has 0 unspecified atom stereocenters. The van der Waals surface area contributed by atoms with E-state index in [1.807, 2.05) is 6.07 Å². The van der Waals surface area contributed by atoms with Gasteiger partial charge in [-0.25, -0.2) is 4.98 Å². The Hall–Kier alpha value is -3.89. The molecule has 3 N–H and O–H groups in total. The molecule has 0 amide bonds. The Morgan fingerprint density at radius 1 is 1.19 bits per heavy atom. The van der Waals surface area contributed by atoms with Crippen molar-refractivity contribution in [2.24, 2.45) is 5.10 Å². The van der Waals surface area contributed by atoms with Gasteiger partial charge < -0.3 is 15.2 Å². The fourth-order valence-electron chi connectivity index (χ4n) is 2.71. The normalized spacial score (nSPS) is 10.9. The number of benzene rings is 2. The van der Waals surface area contributed by atoms with Crippen molar-refractivity contribution >= 4 is 40.1 Å². The van der Waals surface area contributed by atoms with Gasteiger partial charge in [-0.2, -0.15) is 14.9 Å². The van der Waals surface area contributed by atoms with Crippen LogP contribution in [0, 0.1) is 0 Å². The van der Waals surface area contributed by atoms with Crippen molar-refractivity contribution in [3.63, 3.8) is 0 Å². The Morgan fingerprint density at radius 2 is 2.00 bits per heavy atom. The summed E-state index contributed by atoms with van der Waals surface area (Å²) < 4.78 is 12.4. The summed E-state index contributed by atoms with van der Waals surface area (Å²) in [6.07, 6.45) is 2.98. The highest BCUT2D eigenvalue weighted by Crippen LogP contribution is 2.34. The van der Waals surface area contributed by atoms with Gasteiger partial charge in [-0.3, -0.25) is 10.2 Å². The smallest absolute Gasteiger partial charge is 0.294 e. The van der Waals surface area contributed by atoms with Crippen LogP contribution in [0.2, 0.25) is 5.02 Å². The Labute approximate surface area is 191 Å². The zero-order chi connectivity index (χ0) is 22.5. The first-order valence-electron chi connectivity index (χ1n) is 9.24. The summed E-state index contributed by atoms with van der Waals surface area (Å²) >= 11 is 7.62. The topological polar surface area (TPSA) is 117 Å². The first kappa shape index (κ1) is 21.3. The molecule has 0 saturated heterocycles. The predicted molar refractivity (Wildman–Crippen MR) is 126 cm³/mol. The Balaban J connectivity index is 1.54. The first-order valence-corrected chi connectivity index (χ1v) is 10.5.